The molecule has 2 aliphatic carbocycles. The van der Waals surface area contributed by atoms with Crippen LogP contribution in [0, 0.1) is 5.82 Å². The molecule has 1 aromatic rings. The van der Waals surface area contributed by atoms with Gasteiger partial charge in [0.05, 0.1) is 6.10 Å². The Balaban J connectivity index is 2.19. The molecule has 1 saturated carbocycles. The van der Waals surface area contributed by atoms with Crippen molar-refractivity contribution in [2.24, 2.45) is 0 Å². The van der Waals surface area contributed by atoms with Gasteiger partial charge in [0.25, 0.3) is 0 Å². The summed E-state index contributed by atoms with van der Waals surface area (Å²) in [4.78, 5) is 12.0. The Kier molecular flexibility index (Phi) is 3.25. The van der Waals surface area contributed by atoms with Crippen molar-refractivity contribution in [2.75, 3.05) is 0 Å². The molecule has 1 N–H and O–H groups in total. The third-order valence-corrected chi connectivity index (χ3v) is 4.99. The third kappa shape index (κ3) is 1.84. The quantitative estimate of drug-likeness (QED) is 0.853. The van der Waals surface area contributed by atoms with Crippen LogP contribution in [0.15, 0.2) is 35.4 Å². The Hall–Kier alpha value is -1.48. The third-order valence-electron chi connectivity index (χ3n) is 4.99. The molecule has 0 spiro atoms. The Bertz CT molecular complexity index is 573. The second kappa shape index (κ2) is 4.81. The van der Waals surface area contributed by atoms with Crippen LogP contribution in [0.5, 0.6) is 0 Å². The minimum atomic E-state index is -0.486. The lowest BCUT2D eigenvalue weighted by atomic mass is 9.58. The highest BCUT2D eigenvalue weighted by Crippen LogP contribution is 2.50. The minimum absolute atomic E-state index is 0.187. The van der Waals surface area contributed by atoms with Gasteiger partial charge >= 0.3 is 0 Å². The predicted molar refractivity (Wildman–Crippen MR) is 74.9 cm³/mol. The van der Waals surface area contributed by atoms with Crippen LogP contribution in [0.4, 0.5) is 4.39 Å². The normalized spacial score (nSPS) is 30.4. The van der Waals surface area contributed by atoms with E-state index in [1.165, 1.54) is 12.1 Å². The summed E-state index contributed by atoms with van der Waals surface area (Å²) in [7, 11) is 0. The van der Waals surface area contributed by atoms with E-state index >= 15 is 0 Å². The van der Waals surface area contributed by atoms with Crippen LogP contribution < -0.4 is 0 Å². The molecule has 3 rings (SSSR count). The summed E-state index contributed by atoms with van der Waals surface area (Å²) in [5.74, 6) is -0.0866. The number of carbonyl (C=O) groups excluding carboxylic acids is 1. The van der Waals surface area contributed by atoms with Gasteiger partial charge in [-0.3, -0.25) is 4.79 Å². The second-order valence-corrected chi connectivity index (χ2v) is 5.91. The SMILES string of the molecule is CC1=C2CCC[C@H](O)[C@@]2(c2ccc(F)cc2)CCC1=O. The van der Waals surface area contributed by atoms with E-state index in [1.807, 2.05) is 6.92 Å². The standard InChI is InChI=1S/C17H19FO2/c1-11-14-3-2-4-16(20)17(14,10-9-15(11)19)12-5-7-13(18)8-6-12/h5-8,16,20H,2-4,9-10H2,1H3/t16-,17+/m0/s1. The maximum Gasteiger partial charge on any atom is 0.158 e. The van der Waals surface area contributed by atoms with Gasteiger partial charge in [-0.2, -0.15) is 0 Å². The van der Waals surface area contributed by atoms with Crippen molar-refractivity contribution in [1.82, 2.24) is 0 Å². The van der Waals surface area contributed by atoms with E-state index in [0.717, 1.165) is 36.0 Å². The smallest absolute Gasteiger partial charge is 0.158 e. The summed E-state index contributed by atoms with van der Waals surface area (Å²) in [5, 5.41) is 10.6. The lowest BCUT2D eigenvalue weighted by Gasteiger charge is -2.47. The molecule has 106 valence electrons. The number of carbonyl (C=O) groups is 1. The van der Waals surface area contributed by atoms with Crippen molar-refractivity contribution in [2.45, 2.75) is 50.5 Å². The number of Topliss-reactive ketones (excluding diaryl/α,β-unsaturated/α-hetero) is 1. The highest BCUT2D eigenvalue weighted by atomic mass is 19.1. The van der Waals surface area contributed by atoms with Crippen molar-refractivity contribution in [3.05, 3.63) is 46.8 Å². The molecule has 20 heavy (non-hydrogen) atoms. The van der Waals surface area contributed by atoms with E-state index in [0.29, 0.717) is 12.8 Å². The molecule has 2 atom stereocenters. The number of hydrogen-bond donors (Lipinski definition) is 1. The van der Waals surface area contributed by atoms with E-state index in [-0.39, 0.29) is 11.6 Å². The summed E-state index contributed by atoms with van der Waals surface area (Å²) in [5.41, 5.74) is 2.33. The molecule has 1 fully saturated rings. The molecular weight excluding hydrogens is 255 g/mol. The largest absolute Gasteiger partial charge is 0.392 e. The Morgan fingerprint density at radius 1 is 1.25 bits per heavy atom. The van der Waals surface area contributed by atoms with Crippen LogP contribution in [0.1, 0.15) is 44.6 Å². The monoisotopic (exact) mass is 274 g/mol. The van der Waals surface area contributed by atoms with Crippen molar-refractivity contribution >= 4 is 5.78 Å². The van der Waals surface area contributed by atoms with Crippen molar-refractivity contribution < 1.29 is 14.3 Å². The molecule has 0 unspecified atom stereocenters. The fourth-order valence-electron chi connectivity index (χ4n) is 3.91. The Morgan fingerprint density at radius 3 is 2.65 bits per heavy atom. The maximum absolute atomic E-state index is 13.2. The topological polar surface area (TPSA) is 37.3 Å². The molecule has 0 aromatic heterocycles. The van der Waals surface area contributed by atoms with Crippen LogP contribution in [0.3, 0.4) is 0 Å². The molecule has 2 nitrogen and oxygen atoms in total. The summed E-state index contributed by atoms with van der Waals surface area (Å²) >= 11 is 0. The van der Waals surface area contributed by atoms with Gasteiger partial charge in [0.15, 0.2) is 5.78 Å². The van der Waals surface area contributed by atoms with Crippen molar-refractivity contribution in [3.8, 4) is 0 Å². The second-order valence-electron chi connectivity index (χ2n) is 5.91. The Morgan fingerprint density at radius 2 is 1.95 bits per heavy atom. The number of ketones is 1. The number of allylic oxidation sites excluding steroid dienone is 1. The van der Waals surface area contributed by atoms with E-state index in [1.54, 1.807) is 12.1 Å². The number of aliphatic hydroxyl groups excluding tert-OH is 1. The summed E-state index contributed by atoms with van der Waals surface area (Å²) in [6.45, 7) is 1.87. The number of rotatable bonds is 1. The number of benzene rings is 1. The highest BCUT2D eigenvalue weighted by molar-refractivity contribution is 5.97. The summed E-state index contributed by atoms with van der Waals surface area (Å²) in [6, 6.07) is 6.39. The molecule has 3 heteroatoms. The van der Waals surface area contributed by atoms with Gasteiger partial charge in [-0.1, -0.05) is 17.7 Å². The molecule has 0 amide bonds. The van der Waals surface area contributed by atoms with Gasteiger partial charge in [-0.05, 0) is 55.9 Å². The molecule has 0 bridgehead atoms. The first-order valence-corrected chi connectivity index (χ1v) is 7.23. The first kappa shape index (κ1) is 13.5. The average molecular weight is 274 g/mol. The van der Waals surface area contributed by atoms with Crippen molar-refractivity contribution in [3.63, 3.8) is 0 Å². The van der Waals surface area contributed by atoms with E-state index in [2.05, 4.69) is 0 Å². The zero-order valence-electron chi connectivity index (χ0n) is 11.7. The van der Waals surface area contributed by atoms with Crippen LogP contribution in [-0.2, 0) is 10.2 Å². The molecule has 1 aromatic carbocycles. The fourth-order valence-corrected chi connectivity index (χ4v) is 3.91. The van der Waals surface area contributed by atoms with Gasteiger partial charge in [0.2, 0.25) is 0 Å². The van der Waals surface area contributed by atoms with Gasteiger partial charge in [0, 0.05) is 11.8 Å². The lowest BCUT2D eigenvalue weighted by molar-refractivity contribution is -0.117. The maximum atomic E-state index is 13.2. The molecule has 2 aliphatic rings. The average Bonchev–Trinajstić information content (AvgIpc) is 2.45. The number of fused-ring (bicyclic) bond motifs is 1. The zero-order chi connectivity index (χ0) is 14.3. The van der Waals surface area contributed by atoms with Crippen LogP contribution in [-0.4, -0.2) is 17.0 Å². The fraction of sp³-hybridized carbons (Fsp3) is 0.471. The summed E-state index contributed by atoms with van der Waals surface area (Å²) in [6.07, 6.45) is 3.10. The van der Waals surface area contributed by atoms with E-state index in [9.17, 15) is 14.3 Å². The zero-order valence-corrected chi connectivity index (χ0v) is 11.7. The van der Waals surface area contributed by atoms with Gasteiger partial charge in [-0.25, -0.2) is 4.39 Å². The number of aliphatic hydroxyl groups is 1. The molecule has 0 saturated heterocycles. The van der Waals surface area contributed by atoms with Crippen LogP contribution in [0.2, 0.25) is 0 Å². The van der Waals surface area contributed by atoms with Gasteiger partial charge in [-0.15, -0.1) is 0 Å². The molecule has 0 aliphatic heterocycles. The predicted octanol–water partition coefficient (Wildman–Crippen LogP) is 3.29. The molecule has 0 heterocycles. The van der Waals surface area contributed by atoms with Gasteiger partial charge in [0.1, 0.15) is 5.82 Å². The van der Waals surface area contributed by atoms with Gasteiger partial charge < -0.3 is 5.11 Å². The molecule has 0 radical (unpaired) electrons. The number of hydrogen-bond acceptors (Lipinski definition) is 2. The Labute approximate surface area is 118 Å². The van der Waals surface area contributed by atoms with E-state index < -0.39 is 11.5 Å². The first-order chi connectivity index (χ1) is 9.55. The molecular formula is C17H19FO2. The minimum Gasteiger partial charge on any atom is -0.392 e. The highest BCUT2D eigenvalue weighted by Gasteiger charge is 2.48. The first-order valence-electron chi connectivity index (χ1n) is 7.23. The van der Waals surface area contributed by atoms with Crippen molar-refractivity contribution in [1.29, 1.82) is 0 Å². The number of halogens is 1. The van der Waals surface area contributed by atoms with Crippen LogP contribution in [0.25, 0.3) is 0 Å². The van der Waals surface area contributed by atoms with E-state index in [4.69, 9.17) is 0 Å². The van der Waals surface area contributed by atoms with Crippen LogP contribution >= 0.6 is 0 Å². The lowest BCUT2D eigenvalue weighted by Crippen LogP contribution is -2.47. The summed E-state index contributed by atoms with van der Waals surface area (Å²) < 4.78 is 13.2.